The summed E-state index contributed by atoms with van der Waals surface area (Å²) in [7, 11) is 0. The van der Waals surface area contributed by atoms with E-state index in [9.17, 15) is 4.79 Å². The molecular formula is C16H16Cl2N2OS. The van der Waals surface area contributed by atoms with Gasteiger partial charge >= 0.3 is 0 Å². The highest BCUT2D eigenvalue weighted by Gasteiger charge is 2.22. The molecule has 0 aliphatic carbocycles. The molecule has 1 aromatic heterocycles. The fraction of sp³-hybridized carbons (Fsp3) is 0.312. The van der Waals surface area contributed by atoms with Crippen molar-refractivity contribution >= 4 is 40.4 Å². The number of halogens is 2. The molecule has 0 atom stereocenters. The Labute approximate surface area is 143 Å². The van der Waals surface area contributed by atoms with Crippen LogP contribution in [0.4, 0.5) is 0 Å². The highest BCUT2D eigenvalue weighted by molar-refractivity contribution is 7.17. The van der Waals surface area contributed by atoms with Crippen LogP contribution in [0.15, 0.2) is 30.3 Å². The third-order valence-electron chi connectivity index (χ3n) is 3.85. The zero-order chi connectivity index (χ0) is 15.7. The van der Waals surface area contributed by atoms with Gasteiger partial charge in [-0.3, -0.25) is 4.79 Å². The summed E-state index contributed by atoms with van der Waals surface area (Å²) in [6.45, 7) is 1.47. The summed E-state index contributed by atoms with van der Waals surface area (Å²) in [5, 5.41) is 1.05. The van der Waals surface area contributed by atoms with Crippen LogP contribution in [0, 0.1) is 0 Å². The van der Waals surface area contributed by atoms with Gasteiger partial charge in [0.05, 0.1) is 14.9 Å². The van der Waals surface area contributed by atoms with Crippen molar-refractivity contribution in [2.24, 2.45) is 5.73 Å². The van der Waals surface area contributed by atoms with Gasteiger partial charge in [0, 0.05) is 24.0 Å². The number of nitrogens with two attached hydrogens (primary N) is 1. The summed E-state index contributed by atoms with van der Waals surface area (Å²) >= 11 is 13.5. The van der Waals surface area contributed by atoms with Crippen LogP contribution in [0.5, 0.6) is 0 Å². The number of hydrogen-bond donors (Lipinski definition) is 1. The summed E-state index contributed by atoms with van der Waals surface area (Å²) in [5.74, 6) is 0.0863. The fourth-order valence-corrected chi connectivity index (χ4v) is 3.78. The van der Waals surface area contributed by atoms with E-state index in [1.54, 1.807) is 6.07 Å². The molecular weight excluding hydrogens is 339 g/mol. The van der Waals surface area contributed by atoms with E-state index < -0.39 is 0 Å². The second-order valence-corrected chi connectivity index (χ2v) is 7.32. The lowest BCUT2D eigenvalue weighted by Crippen LogP contribution is -2.42. The third kappa shape index (κ3) is 3.30. The number of nitrogens with zero attached hydrogens (tertiary/aromatic N) is 1. The minimum atomic E-state index is 0.0863. The molecule has 1 aromatic carbocycles. The van der Waals surface area contributed by atoms with Crippen LogP contribution in [0.3, 0.4) is 0 Å². The predicted octanol–water partition coefficient (Wildman–Crippen LogP) is 4.29. The number of rotatable bonds is 2. The van der Waals surface area contributed by atoms with Crippen molar-refractivity contribution in [3.05, 3.63) is 45.3 Å². The zero-order valence-corrected chi connectivity index (χ0v) is 14.2. The molecule has 116 valence electrons. The number of carbonyl (C=O) groups excluding carboxylic acids is 1. The maximum Gasteiger partial charge on any atom is 0.263 e. The zero-order valence-electron chi connectivity index (χ0n) is 11.9. The molecule has 2 heterocycles. The standard InChI is InChI=1S/C16H16Cl2N2OS/c17-12-2-1-10(9-13(12)18)14-3-4-15(22-14)16(21)20-7-5-11(19)6-8-20/h1-4,9,11H,5-8,19H2. The van der Waals surface area contributed by atoms with Crippen LogP contribution < -0.4 is 5.73 Å². The molecule has 1 saturated heterocycles. The van der Waals surface area contributed by atoms with Gasteiger partial charge in [0.15, 0.2) is 0 Å². The van der Waals surface area contributed by atoms with Gasteiger partial charge in [-0.1, -0.05) is 29.3 Å². The topological polar surface area (TPSA) is 46.3 Å². The molecule has 0 radical (unpaired) electrons. The van der Waals surface area contributed by atoms with Gasteiger partial charge in [0.1, 0.15) is 0 Å². The summed E-state index contributed by atoms with van der Waals surface area (Å²) in [4.78, 5) is 16.2. The number of amides is 1. The van der Waals surface area contributed by atoms with Crippen molar-refractivity contribution in [3.63, 3.8) is 0 Å². The number of likely N-dealkylation sites (tertiary alicyclic amines) is 1. The fourth-order valence-electron chi connectivity index (χ4n) is 2.52. The maximum atomic E-state index is 12.5. The van der Waals surface area contributed by atoms with Crippen LogP contribution in [-0.2, 0) is 0 Å². The van der Waals surface area contributed by atoms with Crippen molar-refractivity contribution in [2.75, 3.05) is 13.1 Å². The lowest BCUT2D eigenvalue weighted by atomic mass is 10.1. The van der Waals surface area contributed by atoms with Crippen LogP contribution in [0.1, 0.15) is 22.5 Å². The highest BCUT2D eigenvalue weighted by atomic mass is 35.5. The Kier molecular flexibility index (Phi) is 4.73. The normalized spacial score (nSPS) is 16.0. The molecule has 1 fully saturated rings. The number of hydrogen-bond acceptors (Lipinski definition) is 3. The largest absolute Gasteiger partial charge is 0.338 e. The molecule has 0 unspecified atom stereocenters. The molecule has 0 spiro atoms. The van der Waals surface area contributed by atoms with Gasteiger partial charge in [-0.15, -0.1) is 11.3 Å². The molecule has 6 heteroatoms. The Balaban J connectivity index is 1.78. The predicted molar refractivity (Wildman–Crippen MR) is 92.9 cm³/mol. The number of benzene rings is 1. The molecule has 1 amide bonds. The highest BCUT2D eigenvalue weighted by Crippen LogP contribution is 2.33. The van der Waals surface area contributed by atoms with E-state index >= 15 is 0 Å². The van der Waals surface area contributed by atoms with E-state index in [2.05, 4.69) is 0 Å². The van der Waals surface area contributed by atoms with E-state index in [0.29, 0.717) is 10.0 Å². The molecule has 2 N–H and O–H groups in total. The molecule has 1 aliphatic heterocycles. The van der Waals surface area contributed by atoms with E-state index in [1.807, 2.05) is 29.2 Å². The van der Waals surface area contributed by atoms with Crippen molar-refractivity contribution in [1.29, 1.82) is 0 Å². The van der Waals surface area contributed by atoms with Crippen LogP contribution in [-0.4, -0.2) is 29.9 Å². The quantitative estimate of drug-likeness (QED) is 0.874. The molecule has 22 heavy (non-hydrogen) atoms. The Morgan fingerprint density at radius 2 is 1.86 bits per heavy atom. The van der Waals surface area contributed by atoms with Crippen molar-refractivity contribution in [3.8, 4) is 10.4 Å². The summed E-state index contributed by atoms with van der Waals surface area (Å²) in [5.41, 5.74) is 6.86. The average molecular weight is 355 g/mol. The second-order valence-electron chi connectivity index (χ2n) is 5.42. The number of carbonyl (C=O) groups is 1. The molecule has 3 rings (SSSR count). The van der Waals surface area contributed by atoms with Crippen molar-refractivity contribution in [2.45, 2.75) is 18.9 Å². The van der Waals surface area contributed by atoms with Crippen LogP contribution in [0.2, 0.25) is 10.0 Å². The molecule has 2 aromatic rings. The Morgan fingerprint density at radius 3 is 2.55 bits per heavy atom. The monoisotopic (exact) mass is 354 g/mol. The SMILES string of the molecule is NC1CCN(C(=O)c2ccc(-c3ccc(Cl)c(Cl)c3)s2)CC1. The minimum absolute atomic E-state index is 0.0863. The first-order valence-electron chi connectivity index (χ1n) is 7.14. The van der Waals surface area contributed by atoms with E-state index in [4.69, 9.17) is 28.9 Å². The van der Waals surface area contributed by atoms with Gasteiger partial charge < -0.3 is 10.6 Å². The lowest BCUT2D eigenvalue weighted by Gasteiger charge is -2.29. The molecule has 1 aliphatic rings. The molecule has 3 nitrogen and oxygen atoms in total. The Bertz CT molecular complexity index is 693. The van der Waals surface area contributed by atoms with Crippen LogP contribution in [0.25, 0.3) is 10.4 Å². The second kappa shape index (κ2) is 6.59. The first-order chi connectivity index (χ1) is 10.5. The lowest BCUT2D eigenvalue weighted by molar-refractivity contribution is 0.0719. The first kappa shape index (κ1) is 15.8. The van der Waals surface area contributed by atoms with Gasteiger partial charge in [-0.2, -0.15) is 0 Å². The van der Waals surface area contributed by atoms with Gasteiger partial charge in [-0.25, -0.2) is 0 Å². The van der Waals surface area contributed by atoms with Gasteiger partial charge in [-0.05, 0) is 42.7 Å². The van der Waals surface area contributed by atoms with E-state index in [0.717, 1.165) is 41.2 Å². The Morgan fingerprint density at radius 1 is 1.14 bits per heavy atom. The van der Waals surface area contributed by atoms with Crippen molar-refractivity contribution < 1.29 is 4.79 Å². The van der Waals surface area contributed by atoms with Crippen molar-refractivity contribution in [1.82, 2.24) is 4.90 Å². The Hall–Kier alpha value is -1.07. The maximum absolute atomic E-state index is 12.5. The number of thiophene rings is 1. The summed E-state index contributed by atoms with van der Waals surface area (Å²) < 4.78 is 0. The minimum Gasteiger partial charge on any atom is -0.338 e. The number of piperidine rings is 1. The van der Waals surface area contributed by atoms with Gasteiger partial charge in [0.2, 0.25) is 0 Å². The van der Waals surface area contributed by atoms with Crippen LogP contribution >= 0.6 is 34.5 Å². The van der Waals surface area contributed by atoms with Gasteiger partial charge in [0.25, 0.3) is 5.91 Å². The smallest absolute Gasteiger partial charge is 0.263 e. The molecule has 0 bridgehead atoms. The summed E-state index contributed by atoms with van der Waals surface area (Å²) in [6, 6.07) is 9.55. The average Bonchev–Trinajstić information content (AvgIpc) is 3.00. The van der Waals surface area contributed by atoms with E-state index in [1.165, 1.54) is 11.3 Å². The molecule has 0 saturated carbocycles. The van der Waals surface area contributed by atoms with E-state index in [-0.39, 0.29) is 11.9 Å². The third-order valence-corrected chi connectivity index (χ3v) is 5.71. The first-order valence-corrected chi connectivity index (χ1v) is 8.72. The summed E-state index contributed by atoms with van der Waals surface area (Å²) in [6.07, 6.45) is 1.74.